The highest BCUT2D eigenvalue weighted by Crippen LogP contribution is 2.37. The first-order valence-corrected chi connectivity index (χ1v) is 8.95. The Morgan fingerprint density at radius 1 is 1.50 bits per heavy atom. The van der Waals surface area contributed by atoms with Crippen molar-refractivity contribution in [3.05, 3.63) is 22.4 Å². The molecule has 3 rings (SSSR count). The average molecular weight is 301 g/mol. The molecule has 0 aliphatic carbocycles. The number of amidine groups is 1. The number of sulfone groups is 1. The van der Waals surface area contributed by atoms with Crippen LogP contribution in [0, 0.1) is 5.41 Å². The standard InChI is InChI=1S/C10H11N3O2S3/c11-10-13(12-4-7-2-1-3-16-7)8-5-18(14,15)6-9(8)17-10/h1-4,8-9,11H,5-6H2/b11-10?,12-4-/t8-,9+/m0/s1. The number of rotatable bonds is 2. The second-order valence-corrected chi connectivity index (χ2v) is 8.57. The summed E-state index contributed by atoms with van der Waals surface area (Å²) in [5.41, 5.74) is 0. The van der Waals surface area contributed by atoms with Crippen molar-refractivity contribution >= 4 is 44.3 Å². The van der Waals surface area contributed by atoms with Gasteiger partial charge < -0.3 is 0 Å². The molecule has 3 heterocycles. The number of hydrogen-bond donors (Lipinski definition) is 1. The fraction of sp³-hybridized carbons (Fsp3) is 0.400. The van der Waals surface area contributed by atoms with Crippen molar-refractivity contribution in [2.45, 2.75) is 11.3 Å². The molecular weight excluding hydrogens is 290 g/mol. The molecule has 8 heteroatoms. The van der Waals surface area contributed by atoms with Crippen molar-refractivity contribution in [2.75, 3.05) is 11.5 Å². The quantitative estimate of drug-likeness (QED) is 0.834. The van der Waals surface area contributed by atoms with Gasteiger partial charge in [0.1, 0.15) is 0 Å². The van der Waals surface area contributed by atoms with E-state index in [1.54, 1.807) is 22.6 Å². The lowest BCUT2D eigenvalue weighted by molar-refractivity contribution is 0.376. The van der Waals surface area contributed by atoms with E-state index < -0.39 is 9.84 Å². The third-order valence-corrected chi connectivity index (χ3v) is 6.84. The number of nitrogens with zero attached hydrogens (tertiary/aromatic N) is 2. The number of thioether (sulfide) groups is 1. The summed E-state index contributed by atoms with van der Waals surface area (Å²) in [5, 5.41) is 15.9. The predicted octanol–water partition coefficient (Wildman–Crippen LogP) is 1.23. The molecule has 0 bridgehead atoms. The first kappa shape index (κ1) is 12.2. The Bertz CT molecular complexity index is 594. The van der Waals surface area contributed by atoms with Gasteiger partial charge in [0.05, 0.1) is 23.8 Å². The second-order valence-electron chi connectivity index (χ2n) is 4.21. The van der Waals surface area contributed by atoms with E-state index in [9.17, 15) is 8.42 Å². The zero-order valence-electron chi connectivity index (χ0n) is 9.31. The summed E-state index contributed by atoms with van der Waals surface area (Å²) in [4.78, 5) is 0.997. The van der Waals surface area contributed by atoms with Crippen LogP contribution in [0.25, 0.3) is 0 Å². The fourth-order valence-electron chi connectivity index (χ4n) is 2.11. The molecule has 1 aromatic heterocycles. The second kappa shape index (κ2) is 4.36. The molecule has 0 amide bonds. The maximum absolute atomic E-state index is 11.6. The van der Waals surface area contributed by atoms with Gasteiger partial charge in [-0.25, -0.2) is 13.4 Å². The molecule has 2 aliphatic heterocycles. The van der Waals surface area contributed by atoms with Gasteiger partial charge in [0.2, 0.25) is 0 Å². The lowest BCUT2D eigenvalue weighted by Crippen LogP contribution is -2.32. The summed E-state index contributed by atoms with van der Waals surface area (Å²) in [5.74, 6) is 0.268. The van der Waals surface area contributed by atoms with Crippen LogP contribution in [0.5, 0.6) is 0 Å². The van der Waals surface area contributed by atoms with E-state index in [4.69, 9.17) is 5.41 Å². The van der Waals surface area contributed by atoms with Crippen LogP contribution < -0.4 is 0 Å². The van der Waals surface area contributed by atoms with Gasteiger partial charge in [-0.3, -0.25) is 5.41 Å². The smallest absolute Gasteiger partial charge is 0.177 e. The summed E-state index contributed by atoms with van der Waals surface area (Å²) in [6, 6.07) is 3.69. The fourth-order valence-corrected chi connectivity index (χ4v) is 6.40. The number of fused-ring (bicyclic) bond motifs is 1. The zero-order valence-corrected chi connectivity index (χ0v) is 11.8. The molecule has 0 aromatic carbocycles. The predicted molar refractivity (Wildman–Crippen MR) is 75.3 cm³/mol. The lowest BCUT2D eigenvalue weighted by atomic mass is 10.2. The Morgan fingerprint density at radius 3 is 3.06 bits per heavy atom. The molecular formula is C10H11N3O2S3. The minimum absolute atomic E-state index is 0.0389. The number of thiophene rings is 1. The van der Waals surface area contributed by atoms with Crippen molar-refractivity contribution in [1.29, 1.82) is 5.41 Å². The van der Waals surface area contributed by atoms with Crippen LogP contribution >= 0.6 is 23.1 Å². The summed E-state index contributed by atoms with van der Waals surface area (Å²) in [6.07, 6.45) is 1.69. The van der Waals surface area contributed by atoms with Gasteiger partial charge in [0.15, 0.2) is 15.0 Å². The lowest BCUT2D eigenvalue weighted by Gasteiger charge is -2.16. The summed E-state index contributed by atoms with van der Waals surface area (Å²) in [6.45, 7) is 0. The van der Waals surface area contributed by atoms with Gasteiger partial charge in [-0.05, 0) is 11.4 Å². The maximum Gasteiger partial charge on any atom is 0.177 e. The highest BCUT2D eigenvalue weighted by molar-refractivity contribution is 8.15. The van der Waals surface area contributed by atoms with Crippen molar-refractivity contribution in [3.8, 4) is 0 Å². The van der Waals surface area contributed by atoms with E-state index in [1.807, 2.05) is 17.5 Å². The molecule has 0 saturated carbocycles. The van der Waals surface area contributed by atoms with E-state index in [1.165, 1.54) is 11.8 Å². The van der Waals surface area contributed by atoms with Gasteiger partial charge in [-0.2, -0.15) is 5.10 Å². The molecule has 96 valence electrons. The van der Waals surface area contributed by atoms with Crippen molar-refractivity contribution in [2.24, 2.45) is 5.10 Å². The van der Waals surface area contributed by atoms with Crippen LogP contribution in [0.1, 0.15) is 4.88 Å². The number of nitrogens with one attached hydrogen (secondary N) is 1. The van der Waals surface area contributed by atoms with Crippen LogP contribution in [0.4, 0.5) is 0 Å². The van der Waals surface area contributed by atoms with E-state index >= 15 is 0 Å². The van der Waals surface area contributed by atoms with E-state index in [2.05, 4.69) is 5.10 Å². The molecule has 0 radical (unpaired) electrons. The zero-order chi connectivity index (χ0) is 12.8. The maximum atomic E-state index is 11.6. The molecule has 2 saturated heterocycles. The third-order valence-electron chi connectivity index (χ3n) is 2.91. The molecule has 0 unspecified atom stereocenters. The van der Waals surface area contributed by atoms with Crippen LogP contribution in [-0.4, -0.2) is 47.6 Å². The Balaban J connectivity index is 1.81. The molecule has 5 nitrogen and oxygen atoms in total. The van der Waals surface area contributed by atoms with Gasteiger partial charge >= 0.3 is 0 Å². The molecule has 1 N–H and O–H groups in total. The molecule has 2 fully saturated rings. The van der Waals surface area contributed by atoms with Gasteiger partial charge in [0.25, 0.3) is 0 Å². The molecule has 18 heavy (non-hydrogen) atoms. The number of hydrazone groups is 1. The molecule has 2 aliphatic rings. The SMILES string of the molecule is N=C1S[C@@H]2CS(=O)(=O)C[C@@H]2N1/N=C\c1cccs1. The minimum Gasteiger partial charge on any atom is -0.277 e. The van der Waals surface area contributed by atoms with Gasteiger partial charge in [-0.1, -0.05) is 17.8 Å². The van der Waals surface area contributed by atoms with E-state index in [-0.39, 0.29) is 22.8 Å². The minimum atomic E-state index is -2.96. The summed E-state index contributed by atoms with van der Waals surface area (Å²) in [7, 11) is -2.96. The summed E-state index contributed by atoms with van der Waals surface area (Å²) < 4.78 is 23.1. The van der Waals surface area contributed by atoms with E-state index in [0.29, 0.717) is 5.17 Å². The van der Waals surface area contributed by atoms with Crippen LogP contribution in [-0.2, 0) is 9.84 Å². The first-order valence-electron chi connectivity index (χ1n) is 5.37. The third kappa shape index (κ3) is 2.19. The Kier molecular flexibility index (Phi) is 2.95. The Morgan fingerprint density at radius 2 is 2.33 bits per heavy atom. The van der Waals surface area contributed by atoms with Crippen LogP contribution in [0.2, 0.25) is 0 Å². The van der Waals surface area contributed by atoms with Crippen molar-refractivity contribution in [3.63, 3.8) is 0 Å². The van der Waals surface area contributed by atoms with Crippen LogP contribution in [0.3, 0.4) is 0 Å². The molecule has 2 atom stereocenters. The summed E-state index contributed by atoms with van der Waals surface area (Å²) >= 11 is 2.86. The van der Waals surface area contributed by atoms with Crippen molar-refractivity contribution < 1.29 is 8.42 Å². The Labute approximate surface area is 113 Å². The average Bonchev–Trinajstić information content (AvgIpc) is 2.92. The number of hydrogen-bond acceptors (Lipinski definition) is 6. The topological polar surface area (TPSA) is 73.6 Å². The van der Waals surface area contributed by atoms with Crippen LogP contribution in [0.15, 0.2) is 22.6 Å². The van der Waals surface area contributed by atoms with Gasteiger partial charge in [-0.15, -0.1) is 11.3 Å². The van der Waals surface area contributed by atoms with Gasteiger partial charge in [0, 0.05) is 10.1 Å². The highest BCUT2D eigenvalue weighted by atomic mass is 32.2. The Hall–Kier alpha value is -0.860. The normalized spacial score (nSPS) is 30.2. The van der Waals surface area contributed by atoms with E-state index in [0.717, 1.165) is 4.88 Å². The monoisotopic (exact) mass is 301 g/mol. The van der Waals surface area contributed by atoms with Crippen molar-refractivity contribution in [1.82, 2.24) is 5.01 Å². The largest absolute Gasteiger partial charge is 0.277 e. The molecule has 1 aromatic rings. The first-order chi connectivity index (χ1) is 8.55. The molecule has 0 spiro atoms. The highest BCUT2D eigenvalue weighted by Gasteiger charge is 2.48.